The van der Waals surface area contributed by atoms with Crippen molar-refractivity contribution < 1.29 is 23.9 Å². The molecule has 2 rings (SSSR count). The van der Waals surface area contributed by atoms with Gasteiger partial charge in [0.15, 0.2) is 13.0 Å². The molecular formula is C14H16N4O4S. The Kier molecular flexibility index (Phi) is 5.22. The number of rotatable bonds is 6. The second-order valence-electron chi connectivity index (χ2n) is 4.73. The highest BCUT2D eigenvalue weighted by atomic mass is 32.2. The van der Waals surface area contributed by atoms with Crippen LogP contribution in [0.1, 0.15) is 23.7 Å². The van der Waals surface area contributed by atoms with Crippen LogP contribution < -0.4 is 20.8 Å². The molecule has 1 aromatic heterocycles. The van der Waals surface area contributed by atoms with E-state index in [2.05, 4.69) is 15.1 Å². The van der Waals surface area contributed by atoms with Gasteiger partial charge in [0, 0.05) is 11.3 Å². The summed E-state index contributed by atoms with van der Waals surface area (Å²) in [7, 11) is 1.57. The monoisotopic (exact) mass is 336 g/mol. The summed E-state index contributed by atoms with van der Waals surface area (Å²) in [5.74, 6) is -1.37. The number of nitrogens with two attached hydrogens (primary N) is 1. The first kappa shape index (κ1) is 16.8. The van der Waals surface area contributed by atoms with Crippen LogP contribution in [0.25, 0.3) is 0 Å². The molecule has 0 bridgehead atoms. The Morgan fingerprint density at radius 2 is 2.09 bits per heavy atom. The molecular weight excluding hydrogens is 320 g/mol. The lowest BCUT2D eigenvalue weighted by molar-refractivity contribution is -0.772. The third-order valence-corrected chi connectivity index (χ3v) is 4.55. The summed E-state index contributed by atoms with van der Waals surface area (Å²) in [5.41, 5.74) is 6.06. The summed E-state index contributed by atoms with van der Waals surface area (Å²) in [4.78, 5) is 23.3. The highest BCUT2D eigenvalue weighted by Crippen LogP contribution is 2.28. The Balaban J connectivity index is 2.06. The van der Waals surface area contributed by atoms with Crippen molar-refractivity contribution in [3.63, 3.8) is 0 Å². The van der Waals surface area contributed by atoms with E-state index in [0.717, 1.165) is 11.8 Å². The predicted molar refractivity (Wildman–Crippen MR) is 80.7 cm³/mol. The molecule has 1 heterocycles. The number of primary amides is 1. The highest BCUT2D eigenvalue weighted by molar-refractivity contribution is 8.00. The van der Waals surface area contributed by atoms with Gasteiger partial charge in [-0.15, -0.1) is 0 Å². The summed E-state index contributed by atoms with van der Waals surface area (Å²) in [5, 5.41) is 17.5. The molecule has 0 radical (unpaired) electrons. The molecule has 0 aliphatic carbocycles. The molecule has 1 unspecified atom stereocenters. The Bertz CT molecular complexity index is 695. The van der Waals surface area contributed by atoms with Crippen LogP contribution in [0.3, 0.4) is 0 Å². The first-order chi connectivity index (χ1) is 10.9. The molecule has 0 saturated heterocycles. The van der Waals surface area contributed by atoms with Crippen molar-refractivity contribution in [1.29, 1.82) is 0 Å². The van der Waals surface area contributed by atoms with Gasteiger partial charge in [0.1, 0.15) is 0 Å². The van der Waals surface area contributed by atoms with Crippen LogP contribution in [0, 0.1) is 0 Å². The number of thioether (sulfide) groups is 1. The van der Waals surface area contributed by atoms with Crippen molar-refractivity contribution in [3.05, 3.63) is 29.8 Å². The lowest BCUT2D eigenvalue weighted by Crippen LogP contribution is -2.34. The van der Waals surface area contributed by atoms with Gasteiger partial charge in [0.2, 0.25) is 11.8 Å². The van der Waals surface area contributed by atoms with Gasteiger partial charge in [0.05, 0.1) is 10.5 Å². The number of benzene rings is 1. The third kappa shape index (κ3) is 4.01. The average molecular weight is 336 g/mol. The normalized spacial score (nSPS) is 11.9. The van der Waals surface area contributed by atoms with Crippen LogP contribution in [0.5, 0.6) is 5.95 Å². The van der Waals surface area contributed by atoms with Gasteiger partial charge in [-0.1, -0.05) is 11.6 Å². The molecule has 0 spiro atoms. The van der Waals surface area contributed by atoms with Gasteiger partial charge in [-0.05, 0) is 42.4 Å². The summed E-state index contributed by atoms with van der Waals surface area (Å²) in [6, 6.07) is 6.24. The van der Waals surface area contributed by atoms with Crippen molar-refractivity contribution in [2.45, 2.75) is 23.6 Å². The first-order valence-electron chi connectivity index (χ1n) is 6.82. The van der Waals surface area contributed by atoms with Gasteiger partial charge in [-0.25, -0.2) is 0 Å². The molecule has 23 heavy (non-hydrogen) atoms. The van der Waals surface area contributed by atoms with Gasteiger partial charge in [0.25, 0.3) is 5.03 Å². The maximum Gasteiger partial charge on any atom is 0.291 e. The summed E-state index contributed by atoms with van der Waals surface area (Å²) >= 11 is 1.09. The zero-order chi connectivity index (χ0) is 17.0. The number of carbonyl (C=O) groups is 2. The topological polar surface area (TPSA) is 125 Å². The van der Waals surface area contributed by atoms with E-state index in [1.165, 1.54) is 16.8 Å². The quantitative estimate of drug-likeness (QED) is 0.572. The molecule has 0 saturated carbocycles. The van der Waals surface area contributed by atoms with E-state index in [0.29, 0.717) is 17.7 Å². The summed E-state index contributed by atoms with van der Waals surface area (Å²) in [6.07, 6.45) is 0.514. The number of aromatic nitrogens is 2. The number of hydrogen-bond acceptors (Lipinski definition) is 6. The molecule has 2 aromatic rings. The van der Waals surface area contributed by atoms with Gasteiger partial charge < -0.3 is 20.7 Å². The lowest BCUT2D eigenvalue weighted by Gasteiger charge is -2.13. The third-order valence-electron chi connectivity index (χ3n) is 3.07. The van der Waals surface area contributed by atoms with Crippen molar-refractivity contribution in [1.82, 2.24) is 5.27 Å². The minimum absolute atomic E-state index is 0.259. The SMILES string of the molecule is CCC(Sc1c([O-])on[n+]1C)C(=O)Nc1ccc(C(N)=O)cc1. The summed E-state index contributed by atoms with van der Waals surface area (Å²) in [6.45, 7) is 1.84. The van der Waals surface area contributed by atoms with Crippen molar-refractivity contribution >= 4 is 29.3 Å². The smallest absolute Gasteiger partial charge is 0.291 e. The standard InChI is InChI=1S/C14H16N4O4S/c1-3-10(23-13-14(21)22-17-18(13)2)12(20)16-9-6-4-8(5-7-9)11(15)19/h4-7,10H,3H2,1-2H3,(H3-,15,16,17,19,20,21). The molecule has 1 atom stereocenters. The van der Waals surface area contributed by atoms with Crippen LogP contribution >= 0.6 is 11.8 Å². The fourth-order valence-electron chi connectivity index (χ4n) is 1.83. The van der Waals surface area contributed by atoms with Crippen LogP contribution in [0.2, 0.25) is 0 Å². The fraction of sp³-hybridized carbons (Fsp3) is 0.286. The minimum atomic E-state index is -0.574. The van der Waals surface area contributed by atoms with E-state index in [1.54, 1.807) is 19.2 Å². The fourth-order valence-corrected chi connectivity index (χ4v) is 2.75. The molecule has 8 nitrogen and oxygen atoms in total. The number of nitrogens with zero attached hydrogens (tertiary/aromatic N) is 2. The van der Waals surface area contributed by atoms with E-state index in [9.17, 15) is 14.7 Å². The zero-order valence-corrected chi connectivity index (χ0v) is 13.4. The van der Waals surface area contributed by atoms with Crippen LogP contribution in [-0.2, 0) is 11.8 Å². The highest BCUT2D eigenvalue weighted by Gasteiger charge is 2.25. The largest absolute Gasteiger partial charge is 0.538 e. The number of hydrogen-bond donors (Lipinski definition) is 2. The molecule has 9 heteroatoms. The first-order valence-corrected chi connectivity index (χ1v) is 7.70. The minimum Gasteiger partial charge on any atom is -0.538 e. The Morgan fingerprint density at radius 3 is 2.57 bits per heavy atom. The van der Waals surface area contributed by atoms with E-state index < -0.39 is 17.1 Å². The zero-order valence-electron chi connectivity index (χ0n) is 12.6. The van der Waals surface area contributed by atoms with Gasteiger partial charge in [-0.3, -0.25) is 9.59 Å². The number of anilines is 1. The molecule has 3 N–H and O–H groups in total. The van der Waals surface area contributed by atoms with Gasteiger partial charge >= 0.3 is 0 Å². The van der Waals surface area contributed by atoms with Crippen molar-refractivity contribution in [2.75, 3.05) is 5.32 Å². The van der Waals surface area contributed by atoms with Crippen LogP contribution in [-0.4, -0.2) is 22.3 Å². The number of nitrogens with one attached hydrogen (secondary N) is 1. The molecule has 2 amide bonds. The van der Waals surface area contributed by atoms with E-state index in [-0.39, 0.29) is 10.9 Å². The average Bonchev–Trinajstić information content (AvgIpc) is 2.84. The van der Waals surface area contributed by atoms with Crippen LogP contribution in [0.15, 0.2) is 33.8 Å². The maximum absolute atomic E-state index is 12.3. The molecule has 0 aliphatic heterocycles. The molecule has 0 fully saturated rings. The van der Waals surface area contributed by atoms with E-state index in [4.69, 9.17) is 5.73 Å². The van der Waals surface area contributed by atoms with Crippen molar-refractivity contribution in [3.8, 4) is 5.95 Å². The maximum atomic E-state index is 12.3. The second kappa shape index (κ2) is 7.14. The van der Waals surface area contributed by atoms with Gasteiger partial charge in [-0.2, -0.15) is 0 Å². The molecule has 0 aliphatic rings. The van der Waals surface area contributed by atoms with Crippen LogP contribution in [0.4, 0.5) is 5.69 Å². The second-order valence-corrected chi connectivity index (χ2v) is 5.93. The van der Waals surface area contributed by atoms with Crippen molar-refractivity contribution in [2.24, 2.45) is 12.8 Å². The van der Waals surface area contributed by atoms with E-state index in [1.807, 2.05) is 6.92 Å². The number of aryl methyl sites for hydroxylation is 1. The number of carbonyl (C=O) groups excluding carboxylic acids is 2. The predicted octanol–water partition coefficient (Wildman–Crippen LogP) is 0.181. The number of amides is 2. The Morgan fingerprint density at radius 1 is 1.43 bits per heavy atom. The Hall–Kier alpha value is -2.55. The van der Waals surface area contributed by atoms with E-state index >= 15 is 0 Å². The lowest BCUT2D eigenvalue weighted by atomic mass is 10.2. The molecule has 122 valence electrons. The molecule has 1 aromatic carbocycles. The summed E-state index contributed by atoms with van der Waals surface area (Å²) < 4.78 is 5.83. The Labute approximate surface area is 136 Å².